The summed E-state index contributed by atoms with van der Waals surface area (Å²) in [7, 11) is 0. The first-order chi connectivity index (χ1) is 20.5. The molecular formula is C33H51BrN4O5. The van der Waals surface area contributed by atoms with Gasteiger partial charge in [0, 0.05) is 35.9 Å². The molecule has 43 heavy (non-hydrogen) atoms. The van der Waals surface area contributed by atoms with Crippen LogP contribution < -0.4 is 10.9 Å². The van der Waals surface area contributed by atoms with Gasteiger partial charge < -0.3 is 29.1 Å². The number of nitrogens with one attached hydrogen (secondary N) is 2. The zero-order valence-corrected chi connectivity index (χ0v) is 28.6. The maximum absolute atomic E-state index is 12.0. The van der Waals surface area contributed by atoms with Crippen molar-refractivity contribution in [1.29, 1.82) is 0 Å². The van der Waals surface area contributed by atoms with Gasteiger partial charge in [-0.15, -0.1) is 0 Å². The number of H-pyrrole nitrogens is 1. The molecule has 1 unspecified atom stereocenters. The summed E-state index contributed by atoms with van der Waals surface area (Å²) in [6.07, 6.45) is 10.7. The molecule has 2 aliphatic heterocycles. The topological polar surface area (TPSA) is 109 Å². The number of amidine groups is 1. The number of rotatable bonds is 9. The van der Waals surface area contributed by atoms with Crippen molar-refractivity contribution in [3.63, 3.8) is 0 Å². The highest BCUT2D eigenvalue weighted by Gasteiger charge is 2.42. The number of furan rings is 1. The van der Waals surface area contributed by atoms with E-state index in [2.05, 4.69) is 63.8 Å². The molecule has 0 bridgehead atoms. The summed E-state index contributed by atoms with van der Waals surface area (Å²) in [6.45, 7) is 19.0. The average molecular weight is 664 g/mol. The van der Waals surface area contributed by atoms with Gasteiger partial charge in [-0.25, -0.2) is 4.79 Å². The largest absolute Gasteiger partial charge is 0.463 e. The fourth-order valence-corrected chi connectivity index (χ4v) is 4.83. The van der Waals surface area contributed by atoms with Gasteiger partial charge in [-0.1, -0.05) is 47.1 Å². The van der Waals surface area contributed by atoms with E-state index in [0.717, 1.165) is 61.1 Å². The number of allylic oxidation sites excluding steroid dienone is 1. The van der Waals surface area contributed by atoms with Crippen molar-refractivity contribution in [2.45, 2.75) is 86.2 Å². The predicted octanol–water partition coefficient (Wildman–Crippen LogP) is 7.56. The van der Waals surface area contributed by atoms with E-state index in [4.69, 9.17) is 13.9 Å². The summed E-state index contributed by atoms with van der Waals surface area (Å²) in [6, 6.07) is 5.03. The number of pyridine rings is 1. The highest BCUT2D eigenvalue weighted by Crippen LogP contribution is 2.30. The summed E-state index contributed by atoms with van der Waals surface area (Å²) in [5.74, 6) is 2.76. The summed E-state index contributed by atoms with van der Waals surface area (Å²) < 4.78 is 17.4. The van der Waals surface area contributed by atoms with E-state index >= 15 is 0 Å². The number of amides is 2. The van der Waals surface area contributed by atoms with Gasteiger partial charge in [0.05, 0.1) is 25.2 Å². The molecule has 2 aromatic heterocycles. The quantitative estimate of drug-likeness (QED) is 0.212. The second-order valence-electron chi connectivity index (χ2n) is 11.5. The van der Waals surface area contributed by atoms with Gasteiger partial charge in [0.2, 0.25) is 0 Å². The number of nitrogens with zero attached hydrogens (tertiary/aromatic N) is 2. The molecule has 1 atom stereocenters. The molecule has 0 radical (unpaired) electrons. The molecule has 2 fully saturated rings. The molecule has 10 heteroatoms. The Morgan fingerprint density at radius 1 is 1.26 bits per heavy atom. The minimum Gasteiger partial charge on any atom is -0.463 e. The summed E-state index contributed by atoms with van der Waals surface area (Å²) in [5.41, 5.74) is 1.40. The van der Waals surface area contributed by atoms with Crippen LogP contribution in [0.4, 0.5) is 4.79 Å². The number of hydrogen-bond donors (Lipinski definition) is 2. The van der Waals surface area contributed by atoms with Crippen LogP contribution in [0.3, 0.4) is 0 Å². The Morgan fingerprint density at radius 3 is 2.44 bits per heavy atom. The predicted molar refractivity (Wildman–Crippen MR) is 177 cm³/mol. The summed E-state index contributed by atoms with van der Waals surface area (Å²) in [5, 5.41) is 2.79. The maximum atomic E-state index is 12.0. The molecule has 2 N–H and O–H groups in total. The van der Waals surface area contributed by atoms with Gasteiger partial charge >= 0.3 is 6.03 Å². The molecule has 0 aromatic carbocycles. The number of aromatic amines is 1. The van der Waals surface area contributed by atoms with Gasteiger partial charge in [0.1, 0.15) is 17.2 Å². The van der Waals surface area contributed by atoms with Crippen LogP contribution in [0.1, 0.15) is 85.0 Å². The lowest BCUT2D eigenvalue weighted by atomic mass is 9.88. The molecule has 9 nitrogen and oxygen atoms in total. The molecule has 2 aromatic rings. The lowest BCUT2D eigenvalue weighted by Gasteiger charge is -2.44. The van der Waals surface area contributed by atoms with E-state index in [-0.39, 0.29) is 17.2 Å². The Bertz CT molecular complexity index is 1210. The Balaban J connectivity index is 0.000000244. The first-order valence-electron chi connectivity index (χ1n) is 15.4. The van der Waals surface area contributed by atoms with Crippen LogP contribution in [-0.2, 0) is 9.47 Å². The number of aromatic nitrogens is 1. The zero-order chi connectivity index (χ0) is 31.8. The number of likely N-dealkylation sites (tertiary alicyclic amines) is 1. The van der Waals surface area contributed by atoms with Crippen LogP contribution in [0.5, 0.6) is 0 Å². The first-order valence-corrected chi connectivity index (χ1v) is 16.2. The normalized spacial score (nSPS) is 16.9. The molecule has 0 spiro atoms. The Labute approximate surface area is 265 Å². The number of ether oxygens (including phenoxy) is 2. The van der Waals surface area contributed by atoms with Crippen LogP contribution in [0.2, 0.25) is 0 Å². The Kier molecular flexibility index (Phi) is 16.0. The lowest BCUT2D eigenvalue weighted by molar-refractivity contribution is -0.231. The molecule has 2 saturated heterocycles. The van der Waals surface area contributed by atoms with Crippen LogP contribution in [0.25, 0.3) is 5.70 Å². The molecular weight excluding hydrogens is 612 g/mol. The fraction of sp³-hybridized carbons (Fsp3) is 0.606. The minimum atomic E-state index is -0.356. The van der Waals surface area contributed by atoms with Gasteiger partial charge in [-0.3, -0.25) is 4.79 Å². The number of aliphatic imine (C=N–C) groups is 1. The SMILES string of the molecule is CC/C=C(/NC(=O)/N=C(\C)N1CCCC1)c1ccco1.CCC(C)CCOC1(C(C)C)COC1.Cc1cc(Br)c[nH]c1=O. The Morgan fingerprint density at radius 2 is 1.95 bits per heavy atom. The lowest BCUT2D eigenvalue weighted by Crippen LogP contribution is -2.56. The van der Waals surface area contributed by atoms with Crippen molar-refractivity contribution in [2.24, 2.45) is 16.8 Å². The molecule has 2 aliphatic rings. The monoisotopic (exact) mass is 662 g/mol. The first kappa shape index (κ1) is 36.5. The molecule has 4 heterocycles. The number of hydrogen-bond acceptors (Lipinski definition) is 5. The van der Waals surface area contributed by atoms with Crippen molar-refractivity contribution in [1.82, 2.24) is 15.2 Å². The van der Waals surface area contributed by atoms with E-state index < -0.39 is 0 Å². The van der Waals surface area contributed by atoms with Gasteiger partial charge in [-0.05, 0) is 85.5 Å². The number of carbonyl (C=O) groups excluding carboxylic acids is 1. The third-order valence-corrected chi connectivity index (χ3v) is 8.22. The van der Waals surface area contributed by atoms with E-state index in [0.29, 0.717) is 17.4 Å². The van der Waals surface area contributed by atoms with Crippen molar-refractivity contribution >= 4 is 33.5 Å². The molecule has 240 valence electrons. The van der Waals surface area contributed by atoms with Gasteiger partial charge in [-0.2, -0.15) is 4.99 Å². The highest BCUT2D eigenvalue weighted by molar-refractivity contribution is 9.10. The summed E-state index contributed by atoms with van der Waals surface area (Å²) >= 11 is 3.23. The highest BCUT2D eigenvalue weighted by atomic mass is 79.9. The third-order valence-electron chi connectivity index (χ3n) is 7.76. The maximum Gasteiger partial charge on any atom is 0.347 e. The number of carbonyl (C=O) groups is 1. The minimum absolute atomic E-state index is 0.0294. The number of urea groups is 1. The van der Waals surface area contributed by atoms with Crippen molar-refractivity contribution < 1.29 is 18.7 Å². The van der Waals surface area contributed by atoms with E-state index in [1.807, 2.05) is 26.0 Å². The Hall–Kier alpha value is -2.69. The fourth-order valence-electron chi connectivity index (χ4n) is 4.37. The average Bonchev–Trinajstić information content (AvgIpc) is 3.68. The number of halogens is 1. The van der Waals surface area contributed by atoms with Crippen LogP contribution in [-0.4, -0.2) is 60.3 Å². The van der Waals surface area contributed by atoms with E-state index in [1.54, 1.807) is 31.5 Å². The smallest absolute Gasteiger partial charge is 0.347 e. The van der Waals surface area contributed by atoms with E-state index in [1.165, 1.54) is 25.7 Å². The number of aryl methyl sites for hydroxylation is 1. The molecule has 4 rings (SSSR count). The van der Waals surface area contributed by atoms with Crippen molar-refractivity contribution in [3.05, 3.63) is 62.9 Å². The molecule has 2 amide bonds. The third kappa shape index (κ3) is 12.4. The second-order valence-corrected chi connectivity index (χ2v) is 12.4. The van der Waals surface area contributed by atoms with Gasteiger partial charge in [0.15, 0.2) is 0 Å². The van der Waals surface area contributed by atoms with Crippen molar-refractivity contribution in [3.8, 4) is 0 Å². The molecule has 0 saturated carbocycles. The second kappa shape index (κ2) is 18.9. The standard InChI is InChI=1S/C15H21N3O2.C12H24O2.C6H6BrNO/c1-3-7-13(14-8-6-11-20-14)17-15(19)16-12(2)18-9-4-5-10-18;1-5-11(4)6-7-14-12(10(2)3)8-13-9-12;1-4-2-5(7)3-8-6(4)9/h6-8,11H,3-5,9-10H2,1-2H3,(H,17,19);10-11H,5-9H2,1-4H3;2-3H,1H3,(H,8,9)/b13-7+,16-12+;;. The van der Waals surface area contributed by atoms with E-state index in [9.17, 15) is 9.59 Å². The zero-order valence-electron chi connectivity index (χ0n) is 27.0. The van der Waals surface area contributed by atoms with Crippen LogP contribution >= 0.6 is 15.9 Å². The summed E-state index contributed by atoms with van der Waals surface area (Å²) in [4.78, 5) is 31.5. The van der Waals surface area contributed by atoms with Crippen LogP contribution in [0, 0.1) is 18.8 Å². The molecule has 0 aliphatic carbocycles. The van der Waals surface area contributed by atoms with Crippen LogP contribution in [0.15, 0.2) is 55.4 Å². The van der Waals surface area contributed by atoms with Gasteiger partial charge in [0.25, 0.3) is 5.56 Å². The van der Waals surface area contributed by atoms with Crippen molar-refractivity contribution in [2.75, 3.05) is 32.9 Å².